The fourth-order valence-corrected chi connectivity index (χ4v) is 1.81. The van der Waals surface area contributed by atoms with E-state index in [1.54, 1.807) is 0 Å². The third-order valence-electron chi connectivity index (χ3n) is 1.26. The van der Waals surface area contributed by atoms with Gasteiger partial charge < -0.3 is 19.7 Å². The van der Waals surface area contributed by atoms with Crippen molar-refractivity contribution in [2.75, 3.05) is 19.8 Å². The molecular formula is C12H13I3O4. The van der Waals surface area contributed by atoms with E-state index < -0.39 is 6.10 Å². The van der Waals surface area contributed by atoms with Gasteiger partial charge in [0.25, 0.3) is 0 Å². The van der Waals surface area contributed by atoms with E-state index in [2.05, 4.69) is 21.7 Å². The Morgan fingerprint density at radius 3 is 2.05 bits per heavy atom. The number of halogens is 3. The minimum absolute atomic E-state index is 0.141. The number of aliphatic hydroxyl groups excluding tert-OH is 2. The third-order valence-corrected chi connectivity index (χ3v) is 2.95. The molecule has 0 aliphatic heterocycles. The van der Waals surface area contributed by atoms with Crippen molar-refractivity contribution in [2.45, 2.75) is 14.3 Å². The zero-order chi connectivity index (χ0) is 15.1. The van der Waals surface area contributed by atoms with Crippen molar-refractivity contribution >= 4 is 67.8 Å². The molecule has 0 spiro atoms. The molecule has 3 atom stereocenters. The summed E-state index contributed by atoms with van der Waals surface area (Å²) in [6.07, 6.45) is 9.26. The van der Waals surface area contributed by atoms with Gasteiger partial charge in [0.1, 0.15) is 12.7 Å². The first-order valence-electron chi connectivity index (χ1n) is 4.82. The maximum Gasteiger partial charge on any atom is 0.171 e. The zero-order valence-electron chi connectivity index (χ0n) is 9.85. The first kappa shape index (κ1) is 22.0. The van der Waals surface area contributed by atoms with Gasteiger partial charge in [0.05, 0.1) is 13.2 Å². The van der Waals surface area contributed by atoms with E-state index in [0.717, 1.165) is 0 Å². The Balaban J connectivity index is 0. The van der Waals surface area contributed by atoms with Crippen molar-refractivity contribution in [1.82, 2.24) is 0 Å². The number of hydrogen-bond acceptors (Lipinski definition) is 4. The Hall–Kier alpha value is 0.710. The number of terminal acetylenes is 2. The highest BCUT2D eigenvalue weighted by Crippen LogP contribution is 2.09. The van der Waals surface area contributed by atoms with Crippen LogP contribution < -0.4 is 0 Å². The van der Waals surface area contributed by atoms with Crippen molar-refractivity contribution in [1.29, 1.82) is 0 Å². The zero-order valence-corrected chi connectivity index (χ0v) is 16.3. The van der Waals surface area contributed by atoms with E-state index in [0.29, 0.717) is 6.61 Å². The molecule has 0 heterocycles. The van der Waals surface area contributed by atoms with E-state index in [4.69, 9.17) is 32.5 Å². The highest BCUT2D eigenvalue weighted by atomic mass is 127. The van der Waals surface area contributed by atoms with Gasteiger partial charge in [-0.25, -0.2) is 0 Å². The molecule has 4 nitrogen and oxygen atoms in total. The van der Waals surface area contributed by atoms with Gasteiger partial charge in [0.2, 0.25) is 0 Å². The molecule has 19 heavy (non-hydrogen) atoms. The fourth-order valence-electron chi connectivity index (χ4n) is 0.509. The third kappa shape index (κ3) is 18.7. The van der Waals surface area contributed by atoms with Crippen molar-refractivity contribution < 1.29 is 19.7 Å². The fraction of sp³-hybridized carbons (Fsp3) is 0.500. The second kappa shape index (κ2) is 16.8. The molecule has 0 aromatic carbocycles. The van der Waals surface area contributed by atoms with Crippen molar-refractivity contribution in [3.8, 4) is 34.5 Å². The SMILES string of the molecule is C#CC(I)OC(I)C#C.OCC(O)COCC#CI. The van der Waals surface area contributed by atoms with E-state index in [1.165, 1.54) is 0 Å². The second-order valence-electron chi connectivity index (χ2n) is 2.72. The van der Waals surface area contributed by atoms with Crippen LogP contribution in [0.25, 0.3) is 0 Å². The van der Waals surface area contributed by atoms with Crippen molar-refractivity contribution in [3.63, 3.8) is 0 Å². The van der Waals surface area contributed by atoms with Crippen LogP contribution in [0.15, 0.2) is 0 Å². The molecule has 0 saturated carbocycles. The number of rotatable bonds is 6. The lowest BCUT2D eigenvalue weighted by Crippen LogP contribution is -2.19. The topological polar surface area (TPSA) is 58.9 Å². The van der Waals surface area contributed by atoms with Gasteiger partial charge >= 0.3 is 0 Å². The van der Waals surface area contributed by atoms with E-state index in [1.807, 2.05) is 67.8 Å². The predicted octanol–water partition coefficient (Wildman–Crippen LogP) is 1.54. The van der Waals surface area contributed by atoms with Crippen LogP contribution in [0, 0.1) is 34.5 Å². The summed E-state index contributed by atoms with van der Waals surface area (Å²) in [7, 11) is 0. The van der Waals surface area contributed by atoms with Crippen molar-refractivity contribution in [3.05, 3.63) is 0 Å². The van der Waals surface area contributed by atoms with Crippen molar-refractivity contribution in [2.24, 2.45) is 0 Å². The quantitative estimate of drug-likeness (QED) is 0.210. The van der Waals surface area contributed by atoms with Crippen LogP contribution in [0.2, 0.25) is 0 Å². The van der Waals surface area contributed by atoms with Gasteiger partial charge in [-0.2, -0.15) is 0 Å². The molecule has 0 fully saturated rings. The lowest BCUT2D eigenvalue weighted by Gasteiger charge is -2.04. The first-order valence-corrected chi connectivity index (χ1v) is 8.39. The molecule has 0 aliphatic rings. The molecular weight excluding hydrogens is 589 g/mol. The maximum atomic E-state index is 8.73. The molecule has 0 saturated heterocycles. The van der Waals surface area contributed by atoms with Gasteiger partial charge in [-0.05, 0) is 49.1 Å². The first-order chi connectivity index (χ1) is 9.01. The standard InChI is InChI=1S/C6H4I2O.C6H9IO3/c1-3-5(7)9-6(8)4-2;7-2-1-3-10-5-6(9)4-8/h1-2,5-6H;6,8-9H,3-5H2. The monoisotopic (exact) mass is 602 g/mol. The highest BCUT2D eigenvalue weighted by molar-refractivity contribution is 14.1. The highest BCUT2D eigenvalue weighted by Gasteiger charge is 2.03. The van der Waals surface area contributed by atoms with E-state index in [9.17, 15) is 0 Å². The second-order valence-corrected chi connectivity index (χ2v) is 5.53. The largest absolute Gasteiger partial charge is 0.394 e. The Bertz CT molecular complexity index is 333. The van der Waals surface area contributed by atoms with Crippen LogP contribution >= 0.6 is 67.8 Å². The molecule has 0 aliphatic carbocycles. The molecule has 0 rings (SSSR count). The lowest BCUT2D eigenvalue weighted by atomic mass is 10.4. The maximum absolute atomic E-state index is 8.73. The summed E-state index contributed by atoms with van der Waals surface area (Å²) in [6, 6.07) is 0. The molecule has 0 amide bonds. The molecule has 0 aromatic rings. The number of ether oxygens (including phenoxy) is 2. The Labute approximate surface area is 154 Å². The van der Waals surface area contributed by atoms with E-state index in [-0.39, 0.29) is 21.4 Å². The summed E-state index contributed by atoms with van der Waals surface area (Å²) in [5.74, 6) is 7.44. The molecule has 7 heteroatoms. The lowest BCUT2D eigenvalue weighted by molar-refractivity contribution is 0.0164. The number of hydrogen-bond donors (Lipinski definition) is 2. The molecule has 0 radical (unpaired) electrons. The number of aliphatic hydroxyl groups is 2. The smallest absolute Gasteiger partial charge is 0.171 e. The molecule has 0 aromatic heterocycles. The minimum atomic E-state index is -0.781. The number of alkyl halides is 2. The summed E-state index contributed by atoms with van der Waals surface area (Å²) in [5.41, 5.74) is 0. The Kier molecular flexibility index (Phi) is 19.4. The van der Waals surface area contributed by atoms with Gasteiger partial charge in [0, 0.05) is 22.6 Å². The van der Waals surface area contributed by atoms with Crippen LogP contribution in [-0.2, 0) is 9.47 Å². The summed E-state index contributed by atoms with van der Waals surface area (Å²) >= 11 is 5.87. The average molecular weight is 602 g/mol. The molecule has 2 N–H and O–H groups in total. The normalized spacial score (nSPS) is 13.4. The van der Waals surface area contributed by atoms with Gasteiger partial charge in [0.15, 0.2) is 8.22 Å². The van der Waals surface area contributed by atoms with Crippen LogP contribution in [0.5, 0.6) is 0 Å². The molecule has 106 valence electrons. The average Bonchev–Trinajstić information content (AvgIpc) is 2.43. The summed E-state index contributed by atoms with van der Waals surface area (Å²) in [5, 5.41) is 17.1. The summed E-state index contributed by atoms with van der Waals surface area (Å²) in [6.45, 7) is 0.180. The Morgan fingerprint density at radius 2 is 1.68 bits per heavy atom. The molecule has 0 bridgehead atoms. The van der Waals surface area contributed by atoms with Gasteiger partial charge in [-0.3, -0.25) is 0 Å². The van der Waals surface area contributed by atoms with Crippen LogP contribution in [0.4, 0.5) is 0 Å². The van der Waals surface area contributed by atoms with E-state index >= 15 is 0 Å². The Morgan fingerprint density at radius 1 is 1.16 bits per heavy atom. The van der Waals surface area contributed by atoms with Gasteiger partial charge in [-0.1, -0.05) is 17.8 Å². The van der Waals surface area contributed by atoms with Crippen LogP contribution in [0.3, 0.4) is 0 Å². The van der Waals surface area contributed by atoms with Crippen LogP contribution in [0.1, 0.15) is 0 Å². The van der Waals surface area contributed by atoms with Crippen LogP contribution in [-0.4, -0.2) is 44.4 Å². The summed E-state index contributed by atoms with van der Waals surface area (Å²) < 4.78 is 12.1. The predicted molar refractivity (Wildman–Crippen MR) is 100 cm³/mol. The summed E-state index contributed by atoms with van der Waals surface area (Å²) in [4.78, 5) is 0. The minimum Gasteiger partial charge on any atom is -0.394 e. The molecule has 3 unspecified atom stereocenters. The van der Waals surface area contributed by atoms with Gasteiger partial charge in [-0.15, -0.1) is 12.8 Å².